The zero-order valence-corrected chi connectivity index (χ0v) is 20.0. The maximum absolute atomic E-state index is 12.8. The molecule has 2 aromatic carbocycles. The molecule has 0 radical (unpaired) electrons. The van der Waals surface area contributed by atoms with Gasteiger partial charge in [-0.3, -0.25) is 4.79 Å². The third kappa shape index (κ3) is 5.08. The zero-order valence-electron chi connectivity index (χ0n) is 20.0. The minimum atomic E-state index is -0.268. The number of aliphatic hydroxyl groups is 1. The molecule has 2 N–H and O–H groups in total. The highest BCUT2D eigenvalue weighted by atomic mass is 16.5. The summed E-state index contributed by atoms with van der Waals surface area (Å²) in [5.41, 5.74) is 3.22. The van der Waals surface area contributed by atoms with Crippen LogP contribution in [-0.4, -0.2) is 54.4 Å². The van der Waals surface area contributed by atoms with Gasteiger partial charge in [-0.25, -0.2) is 0 Å². The van der Waals surface area contributed by atoms with Crippen LogP contribution in [0.5, 0.6) is 11.5 Å². The Balaban J connectivity index is 1.18. The fourth-order valence-electron chi connectivity index (χ4n) is 5.59. The van der Waals surface area contributed by atoms with Gasteiger partial charge in [0.05, 0.1) is 19.3 Å². The number of aliphatic hydroxyl groups excluding tert-OH is 1. The maximum Gasteiger partial charge on any atom is 0.253 e. The predicted octanol–water partition coefficient (Wildman–Crippen LogP) is 4.43. The van der Waals surface area contributed by atoms with Crippen molar-refractivity contribution in [2.24, 2.45) is 0 Å². The smallest absolute Gasteiger partial charge is 0.253 e. The molecule has 0 bridgehead atoms. The van der Waals surface area contributed by atoms with Crippen molar-refractivity contribution < 1.29 is 19.4 Å². The minimum Gasteiger partial charge on any atom is -0.490 e. The summed E-state index contributed by atoms with van der Waals surface area (Å²) in [5, 5.41) is 13.5. The summed E-state index contributed by atoms with van der Waals surface area (Å²) in [7, 11) is 0. The van der Waals surface area contributed by atoms with Gasteiger partial charge in [-0.2, -0.15) is 0 Å². The van der Waals surface area contributed by atoms with Gasteiger partial charge in [-0.1, -0.05) is 24.3 Å². The third-order valence-electron chi connectivity index (χ3n) is 7.57. The highest BCUT2D eigenvalue weighted by Gasteiger charge is 2.29. The molecule has 3 aliphatic rings. The number of carbonyl (C=O) groups excluding carboxylic acids is 1. The van der Waals surface area contributed by atoms with E-state index in [0.29, 0.717) is 51.1 Å². The Kier molecular flexibility index (Phi) is 7.07. The summed E-state index contributed by atoms with van der Waals surface area (Å²) in [6.07, 6.45) is 5.36. The van der Waals surface area contributed by atoms with E-state index < -0.39 is 0 Å². The van der Waals surface area contributed by atoms with Crippen LogP contribution in [0.25, 0.3) is 0 Å². The second-order valence-electron chi connectivity index (χ2n) is 9.97. The average Bonchev–Trinajstić information content (AvgIpc) is 3.19. The van der Waals surface area contributed by atoms with Gasteiger partial charge < -0.3 is 24.8 Å². The van der Waals surface area contributed by atoms with E-state index in [1.807, 2.05) is 29.2 Å². The summed E-state index contributed by atoms with van der Waals surface area (Å²) in [5.74, 6) is 2.32. The van der Waals surface area contributed by atoms with Crippen molar-refractivity contribution in [3.05, 3.63) is 59.2 Å². The van der Waals surface area contributed by atoms with Crippen LogP contribution in [0.15, 0.2) is 42.5 Å². The first-order chi connectivity index (χ1) is 16.6. The van der Waals surface area contributed by atoms with Gasteiger partial charge >= 0.3 is 0 Å². The molecular weight excluding hydrogens is 428 g/mol. The van der Waals surface area contributed by atoms with E-state index in [2.05, 4.69) is 30.4 Å². The fourth-order valence-corrected chi connectivity index (χ4v) is 5.59. The van der Waals surface area contributed by atoms with Crippen LogP contribution in [0, 0.1) is 0 Å². The highest BCUT2D eigenvalue weighted by Crippen LogP contribution is 2.39. The molecule has 0 aromatic heterocycles. The van der Waals surface area contributed by atoms with Crippen molar-refractivity contribution in [2.45, 2.75) is 69.6 Å². The lowest BCUT2D eigenvalue weighted by Gasteiger charge is -2.29. The highest BCUT2D eigenvalue weighted by molar-refractivity contribution is 5.94. The third-order valence-corrected chi connectivity index (χ3v) is 7.57. The molecule has 2 aromatic rings. The molecule has 1 saturated heterocycles. The Morgan fingerprint density at radius 3 is 2.59 bits per heavy atom. The summed E-state index contributed by atoms with van der Waals surface area (Å²) < 4.78 is 11.9. The van der Waals surface area contributed by atoms with E-state index in [0.717, 1.165) is 48.3 Å². The normalized spacial score (nSPS) is 24.0. The number of benzene rings is 2. The number of nitrogens with one attached hydrogen (secondary N) is 1. The number of carbonyl (C=O) groups is 1. The van der Waals surface area contributed by atoms with Crippen LogP contribution in [0.4, 0.5) is 0 Å². The molecule has 2 fully saturated rings. The van der Waals surface area contributed by atoms with Crippen LogP contribution in [0.3, 0.4) is 0 Å². The van der Waals surface area contributed by atoms with Crippen LogP contribution >= 0.6 is 0 Å². The number of likely N-dealkylation sites (tertiary alicyclic amines) is 1. The van der Waals surface area contributed by atoms with Crippen LogP contribution in [-0.2, 0) is 0 Å². The van der Waals surface area contributed by atoms with E-state index >= 15 is 0 Å². The molecule has 1 unspecified atom stereocenters. The van der Waals surface area contributed by atoms with Gasteiger partial charge in [0.25, 0.3) is 5.91 Å². The fraction of sp³-hybridized carbons (Fsp3) is 0.536. The van der Waals surface area contributed by atoms with Gasteiger partial charge in [-0.05, 0) is 68.7 Å². The SMILES string of the molecule is C[C@@H](NC1CC[C@H](c2ccc(C(=O)N3CCC(O)CC3)cc2)C1)c1cccc2c1OCCCO2. The van der Waals surface area contributed by atoms with Gasteiger partial charge in [0.1, 0.15) is 0 Å². The lowest BCUT2D eigenvalue weighted by Crippen LogP contribution is -2.40. The number of fused-ring (bicyclic) bond motifs is 1. The molecule has 5 rings (SSSR count). The lowest BCUT2D eigenvalue weighted by atomic mass is 9.96. The van der Waals surface area contributed by atoms with Crippen molar-refractivity contribution in [3.8, 4) is 11.5 Å². The topological polar surface area (TPSA) is 71.0 Å². The molecule has 2 heterocycles. The molecule has 6 heteroatoms. The first-order valence-corrected chi connectivity index (χ1v) is 12.8. The molecule has 3 atom stereocenters. The summed E-state index contributed by atoms with van der Waals surface area (Å²) in [6, 6.07) is 15.0. The van der Waals surface area contributed by atoms with Gasteiger partial charge in [-0.15, -0.1) is 0 Å². The molecule has 34 heavy (non-hydrogen) atoms. The standard InChI is InChI=1S/C28H36N2O4/c1-19(25-4-2-5-26-27(25)34-17-3-16-33-26)29-23-11-10-22(18-23)20-6-8-21(9-7-20)28(32)30-14-12-24(31)13-15-30/h2,4-9,19,22-24,29,31H,3,10-18H2,1H3/t19-,22+,23?/m1/s1. The largest absolute Gasteiger partial charge is 0.490 e. The summed E-state index contributed by atoms with van der Waals surface area (Å²) in [4.78, 5) is 14.6. The monoisotopic (exact) mass is 464 g/mol. The Labute approximate surface area is 202 Å². The van der Waals surface area contributed by atoms with Crippen LogP contribution < -0.4 is 14.8 Å². The number of rotatable bonds is 5. The van der Waals surface area contributed by atoms with E-state index in [4.69, 9.17) is 9.47 Å². The zero-order chi connectivity index (χ0) is 23.5. The van der Waals surface area contributed by atoms with Gasteiger partial charge in [0.15, 0.2) is 11.5 Å². The van der Waals surface area contributed by atoms with Crippen molar-refractivity contribution in [1.82, 2.24) is 10.2 Å². The van der Waals surface area contributed by atoms with Crippen molar-refractivity contribution >= 4 is 5.91 Å². The Hall–Kier alpha value is -2.57. The maximum atomic E-state index is 12.8. The Morgan fingerprint density at radius 2 is 1.79 bits per heavy atom. The van der Waals surface area contributed by atoms with E-state index in [9.17, 15) is 9.90 Å². The second kappa shape index (κ2) is 10.4. The molecular formula is C28H36N2O4. The average molecular weight is 465 g/mol. The Morgan fingerprint density at radius 1 is 1.03 bits per heavy atom. The van der Waals surface area contributed by atoms with E-state index in [1.54, 1.807) is 0 Å². The number of amides is 1. The number of nitrogens with zero attached hydrogens (tertiary/aromatic N) is 1. The van der Waals surface area contributed by atoms with E-state index in [1.165, 1.54) is 5.56 Å². The quantitative estimate of drug-likeness (QED) is 0.685. The van der Waals surface area contributed by atoms with Crippen molar-refractivity contribution in [2.75, 3.05) is 26.3 Å². The number of ether oxygens (including phenoxy) is 2. The van der Waals surface area contributed by atoms with Crippen molar-refractivity contribution in [3.63, 3.8) is 0 Å². The van der Waals surface area contributed by atoms with Crippen molar-refractivity contribution in [1.29, 1.82) is 0 Å². The molecule has 1 aliphatic carbocycles. The van der Waals surface area contributed by atoms with Crippen LogP contribution in [0.2, 0.25) is 0 Å². The molecule has 182 valence electrons. The number of para-hydroxylation sites is 1. The lowest BCUT2D eigenvalue weighted by molar-refractivity contribution is 0.0546. The molecule has 0 spiro atoms. The molecule has 1 amide bonds. The minimum absolute atomic E-state index is 0.0754. The molecule has 1 saturated carbocycles. The number of piperidine rings is 1. The summed E-state index contributed by atoms with van der Waals surface area (Å²) in [6.45, 7) is 4.88. The van der Waals surface area contributed by atoms with E-state index in [-0.39, 0.29) is 18.1 Å². The van der Waals surface area contributed by atoms with Crippen LogP contribution in [0.1, 0.15) is 78.9 Å². The number of hydrogen-bond acceptors (Lipinski definition) is 5. The second-order valence-corrected chi connectivity index (χ2v) is 9.97. The van der Waals surface area contributed by atoms with Gasteiger partial charge in [0.2, 0.25) is 0 Å². The summed E-state index contributed by atoms with van der Waals surface area (Å²) >= 11 is 0. The first-order valence-electron chi connectivity index (χ1n) is 12.8. The number of hydrogen-bond donors (Lipinski definition) is 2. The van der Waals surface area contributed by atoms with Gasteiger partial charge in [0, 0.05) is 42.7 Å². The predicted molar refractivity (Wildman–Crippen MR) is 132 cm³/mol. The Bertz CT molecular complexity index is 984. The molecule has 2 aliphatic heterocycles. The first kappa shape index (κ1) is 23.2. The molecule has 6 nitrogen and oxygen atoms in total.